The van der Waals surface area contributed by atoms with Crippen LogP contribution in [0.2, 0.25) is 0 Å². The fourth-order valence-corrected chi connectivity index (χ4v) is 2.67. The van der Waals surface area contributed by atoms with Crippen molar-refractivity contribution >= 4 is 21.7 Å². The van der Waals surface area contributed by atoms with E-state index in [9.17, 15) is 9.18 Å². The summed E-state index contributed by atoms with van der Waals surface area (Å²) in [5, 5.41) is 0. The molecule has 0 amide bonds. The van der Waals surface area contributed by atoms with Gasteiger partial charge in [-0.25, -0.2) is 4.39 Å². The van der Waals surface area contributed by atoms with Crippen molar-refractivity contribution in [2.24, 2.45) is 0 Å². The van der Waals surface area contributed by atoms with Crippen molar-refractivity contribution in [1.29, 1.82) is 0 Å². The van der Waals surface area contributed by atoms with Crippen LogP contribution in [-0.4, -0.2) is 5.78 Å². The molecule has 2 aromatic rings. The number of hydrogen-bond donors (Lipinski definition) is 0. The maximum atomic E-state index is 13.7. The predicted octanol–water partition coefficient (Wildman–Crippen LogP) is 5.02. The molecule has 0 aromatic heterocycles. The Bertz CT molecular complexity index is 629. The Balaban J connectivity index is 2.13. The van der Waals surface area contributed by atoms with E-state index in [1.165, 1.54) is 28.8 Å². The van der Waals surface area contributed by atoms with Crippen LogP contribution >= 0.6 is 15.9 Å². The van der Waals surface area contributed by atoms with Crippen molar-refractivity contribution in [2.45, 2.75) is 26.7 Å². The lowest BCUT2D eigenvalue weighted by Gasteiger charge is -2.09. The summed E-state index contributed by atoms with van der Waals surface area (Å²) in [6.07, 6.45) is 0.969. The first-order valence-corrected chi connectivity index (χ1v) is 7.31. The van der Waals surface area contributed by atoms with Gasteiger partial charge >= 0.3 is 0 Å². The Morgan fingerprint density at radius 3 is 2.40 bits per heavy atom. The number of carbonyl (C=O) groups excluding carboxylic acids is 1. The Hall–Kier alpha value is -1.48. The van der Waals surface area contributed by atoms with Crippen LogP contribution in [0.25, 0.3) is 0 Å². The summed E-state index contributed by atoms with van der Waals surface area (Å²) < 4.78 is 14.4. The summed E-state index contributed by atoms with van der Waals surface area (Å²) >= 11 is 3.19. The average Bonchev–Trinajstić information content (AvgIpc) is 2.37. The predicted molar refractivity (Wildman–Crippen MR) is 82.7 cm³/mol. The van der Waals surface area contributed by atoms with E-state index >= 15 is 0 Å². The molecule has 20 heavy (non-hydrogen) atoms. The van der Waals surface area contributed by atoms with Crippen molar-refractivity contribution < 1.29 is 9.18 Å². The van der Waals surface area contributed by atoms with Gasteiger partial charge in [-0.3, -0.25) is 4.79 Å². The fourth-order valence-electron chi connectivity index (χ4n) is 2.33. The summed E-state index contributed by atoms with van der Waals surface area (Å²) in [5.74, 6) is -0.622. The Morgan fingerprint density at radius 1 is 1.15 bits per heavy atom. The maximum Gasteiger partial charge on any atom is 0.166 e. The van der Waals surface area contributed by atoms with Crippen LogP contribution in [0.5, 0.6) is 0 Å². The first kappa shape index (κ1) is 14.9. The monoisotopic (exact) mass is 334 g/mol. The second kappa shape index (κ2) is 6.31. The molecule has 0 N–H and O–H groups in total. The standard InChI is InChI=1S/C17H16BrFO/c1-11-4-3-5-12(2)14(11)8-9-17(20)15-7-6-13(18)10-16(15)19/h3-7,10H,8-9H2,1-2H3. The molecule has 0 bridgehead atoms. The zero-order valence-corrected chi connectivity index (χ0v) is 13.1. The molecule has 2 aromatic carbocycles. The number of ketones is 1. The van der Waals surface area contributed by atoms with Crippen LogP contribution < -0.4 is 0 Å². The Labute approximate surface area is 127 Å². The SMILES string of the molecule is Cc1cccc(C)c1CCC(=O)c1ccc(Br)cc1F. The summed E-state index contributed by atoms with van der Waals surface area (Å²) in [6.45, 7) is 4.07. The molecule has 3 heteroatoms. The molecule has 0 radical (unpaired) electrons. The highest BCUT2D eigenvalue weighted by atomic mass is 79.9. The molecule has 0 unspecified atom stereocenters. The summed E-state index contributed by atoms with van der Waals surface area (Å²) in [6, 6.07) is 10.6. The lowest BCUT2D eigenvalue weighted by molar-refractivity contribution is 0.0979. The second-order valence-electron chi connectivity index (χ2n) is 4.92. The van der Waals surface area contributed by atoms with E-state index in [0.29, 0.717) is 17.3 Å². The summed E-state index contributed by atoms with van der Waals surface area (Å²) in [7, 11) is 0. The van der Waals surface area contributed by atoms with Crippen LogP contribution in [0.4, 0.5) is 4.39 Å². The molecule has 0 saturated carbocycles. The molecule has 0 aliphatic heterocycles. The van der Waals surface area contributed by atoms with E-state index in [0.717, 1.165) is 0 Å². The van der Waals surface area contributed by atoms with Crippen molar-refractivity contribution in [2.75, 3.05) is 0 Å². The first-order valence-electron chi connectivity index (χ1n) is 6.52. The molecule has 0 spiro atoms. The fraction of sp³-hybridized carbons (Fsp3) is 0.235. The van der Waals surface area contributed by atoms with Crippen molar-refractivity contribution in [3.63, 3.8) is 0 Å². The second-order valence-corrected chi connectivity index (χ2v) is 5.83. The van der Waals surface area contributed by atoms with E-state index in [1.807, 2.05) is 32.0 Å². The quantitative estimate of drug-likeness (QED) is 0.717. The van der Waals surface area contributed by atoms with Crippen molar-refractivity contribution in [3.8, 4) is 0 Å². The van der Waals surface area contributed by atoms with Crippen molar-refractivity contribution in [3.05, 3.63) is 68.9 Å². The molecule has 0 saturated heterocycles. The third kappa shape index (κ3) is 3.34. The topological polar surface area (TPSA) is 17.1 Å². The van der Waals surface area contributed by atoms with E-state index in [1.54, 1.807) is 6.07 Å². The highest BCUT2D eigenvalue weighted by molar-refractivity contribution is 9.10. The molecule has 0 heterocycles. The number of aryl methyl sites for hydroxylation is 2. The molecule has 0 fully saturated rings. The van der Waals surface area contributed by atoms with Crippen LogP contribution in [0.3, 0.4) is 0 Å². The number of Topliss-reactive ketones (excluding diaryl/α,β-unsaturated/α-hetero) is 1. The van der Waals surface area contributed by atoms with Crippen LogP contribution in [-0.2, 0) is 6.42 Å². The summed E-state index contributed by atoms with van der Waals surface area (Å²) in [4.78, 5) is 12.1. The zero-order valence-electron chi connectivity index (χ0n) is 11.5. The average molecular weight is 335 g/mol. The van der Waals surface area contributed by atoms with E-state index in [2.05, 4.69) is 15.9 Å². The van der Waals surface area contributed by atoms with Gasteiger partial charge in [-0.15, -0.1) is 0 Å². The lowest BCUT2D eigenvalue weighted by Crippen LogP contribution is -2.05. The minimum atomic E-state index is -0.467. The van der Waals surface area contributed by atoms with Gasteiger partial charge in [0, 0.05) is 10.9 Å². The smallest absolute Gasteiger partial charge is 0.166 e. The van der Waals surface area contributed by atoms with Gasteiger partial charge in [0.25, 0.3) is 0 Å². The number of halogens is 2. The van der Waals surface area contributed by atoms with Gasteiger partial charge in [-0.1, -0.05) is 34.1 Å². The van der Waals surface area contributed by atoms with Gasteiger partial charge in [0.15, 0.2) is 5.78 Å². The Morgan fingerprint density at radius 2 is 1.80 bits per heavy atom. The third-order valence-corrected chi connectivity index (χ3v) is 3.97. The minimum absolute atomic E-state index is 0.155. The number of rotatable bonds is 4. The number of benzene rings is 2. The normalized spacial score (nSPS) is 10.6. The third-order valence-electron chi connectivity index (χ3n) is 3.48. The molecule has 104 valence electrons. The number of carbonyl (C=O) groups is 1. The highest BCUT2D eigenvalue weighted by Crippen LogP contribution is 2.19. The molecular weight excluding hydrogens is 319 g/mol. The van der Waals surface area contributed by atoms with E-state index in [-0.39, 0.29) is 11.3 Å². The first-order chi connectivity index (χ1) is 9.49. The van der Waals surface area contributed by atoms with E-state index in [4.69, 9.17) is 0 Å². The molecule has 0 aliphatic carbocycles. The van der Waals surface area contributed by atoms with Gasteiger partial charge in [-0.05, 0) is 55.2 Å². The van der Waals surface area contributed by atoms with Gasteiger partial charge in [0.05, 0.1) is 5.56 Å². The molecule has 0 aliphatic rings. The molecule has 1 nitrogen and oxygen atoms in total. The largest absolute Gasteiger partial charge is 0.294 e. The van der Waals surface area contributed by atoms with Crippen LogP contribution in [0, 0.1) is 19.7 Å². The molecule has 2 rings (SSSR count). The Kier molecular flexibility index (Phi) is 4.71. The van der Waals surface area contributed by atoms with Crippen LogP contribution in [0.1, 0.15) is 33.5 Å². The summed E-state index contributed by atoms with van der Waals surface area (Å²) in [5.41, 5.74) is 3.70. The zero-order chi connectivity index (χ0) is 14.7. The minimum Gasteiger partial charge on any atom is -0.294 e. The van der Waals surface area contributed by atoms with Gasteiger partial charge in [-0.2, -0.15) is 0 Å². The van der Waals surface area contributed by atoms with Crippen molar-refractivity contribution in [1.82, 2.24) is 0 Å². The maximum absolute atomic E-state index is 13.7. The molecule has 0 atom stereocenters. The molecular formula is C17H16BrFO. The van der Waals surface area contributed by atoms with Gasteiger partial charge in [0.2, 0.25) is 0 Å². The lowest BCUT2D eigenvalue weighted by atomic mass is 9.96. The number of hydrogen-bond acceptors (Lipinski definition) is 1. The van der Waals surface area contributed by atoms with Gasteiger partial charge < -0.3 is 0 Å². The van der Waals surface area contributed by atoms with E-state index < -0.39 is 5.82 Å². The van der Waals surface area contributed by atoms with Gasteiger partial charge in [0.1, 0.15) is 5.82 Å². The van der Waals surface area contributed by atoms with Crippen LogP contribution in [0.15, 0.2) is 40.9 Å². The highest BCUT2D eigenvalue weighted by Gasteiger charge is 2.13.